The van der Waals surface area contributed by atoms with Crippen molar-refractivity contribution in [2.75, 3.05) is 7.11 Å². The zero-order valence-corrected chi connectivity index (χ0v) is 14.3. The van der Waals surface area contributed by atoms with Gasteiger partial charge in [0.2, 0.25) is 0 Å². The Kier molecular flexibility index (Phi) is 4.78. The molecular formula is C17H13ClN2O3S. The Bertz CT molecular complexity index is 973. The molecule has 1 amide bonds. The van der Waals surface area contributed by atoms with Crippen LogP contribution >= 0.6 is 22.9 Å². The summed E-state index contributed by atoms with van der Waals surface area (Å²) in [5, 5.41) is 0.550. The first-order chi connectivity index (χ1) is 11.6. The van der Waals surface area contributed by atoms with Crippen molar-refractivity contribution in [2.45, 2.75) is 6.54 Å². The fourth-order valence-electron chi connectivity index (χ4n) is 2.20. The standard InChI is InChI=1S/C17H13ClN2O3S/c1-23-15(21)10-20-13-4-2-3-5-14(13)24-17(20)19-16(22)11-6-8-12(18)9-7-11/h2-9H,10H2,1H3. The number of benzene rings is 2. The molecule has 122 valence electrons. The average Bonchev–Trinajstić information content (AvgIpc) is 2.92. The van der Waals surface area contributed by atoms with Crippen molar-refractivity contribution >= 4 is 45.0 Å². The molecule has 0 aliphatic carbocycles. The van der Waals surface area contributed by atoms with Crippen LogP contribution in [0.25, 0.3) is 10.2 Å². The SMILES string of the molecule is COC(=O)Cn1c(=NC(=O)c2ccc(Cl)cc2)sc2ccccc21. The third-order valence-electron chi connectivity index (χ3n) is 3.39. The Balaban J connectivity index is 2.10. The molecule has 0 unspecified atom stereocenters. The van der Waals surface area contributed by atoms with Gasteiger partial charge in [0.1, 0.15) is 6.54 Å². The van der Waals surface area contributed by atoms with Crippen LogP contribution in [0.1, 0.15) is 10.4 Å². The molecule has 2 aromatic carbocycles. The number of rotatable bonds is 3. The van der Waals surface area contributed by atoms with Gasteiger partial charge in [-0.3, -0.25) is 9.59 Å². The first-order valence-electron chi connectivity index (χ1n) is 7.08. The van der Waals surface area contributed by atoms with E-state index in [2.05, 4.69) is 4.99 Å². The summed E-state index contributed by atoms with van der Waals surface area (Å²) in [4.78, 5) is 28.7. The Morgan fingerprint density at radius 3 is 2.58 bits per heavy atom. The maximum Gasteiger partial charge on any atom is 0.325 e. The third kappa shape index (κ3) is 3.39. The number of halogens is 1. The fraction of sp³-hybridized carbons (Fsp3) is 0.118. The van der Waals surface area contributed by atoms with E-state index in [0.717, 1.165) is 10.2 Å². The number of para-hydroxylation sites is 1. The number of hydrogen-bond donors (Lipinski definition) is 0. The number of carbonyl (C=O) groups is 2. The van der Waals surface area contributed by atoms with E-state index in [0.29, 0.717) is 15.4 Å². The molecule has 1 heterocycles. The van der Waals surface area contributed by atoms with Crippen molar-refractivity contribution in [1.82, 2.24) is 4.57 Å². The van der Waals surface area contributed by atoms with E-state index in [4.69, 9.17) is 16.3 Å². The van der Waals surface area contributed by atoms with Crippen molar-refractivity contribution in [3.05, 3.63) is 63.9 Å². The van der Waals surface area contributed by atoms with Crippen molar-refractivity contribution in [1.29, 1.82) is 0 Å². The van der Waals surface area contributed by atoms with Gasteiger partial charge in [-0.2, -0.15) is 4.99 Å². The highest BCUT2D eigenvalue weighted by Crippen LogP contribution is 2.17. The highest BCUT2D eigenvalue weighted by molar-refractivity contribution is 7.16. The zero-order chi connectivity index (χ0) is 17.1. The van der Waals surface area contributed by atoms with E-state index < -0.39 is 11.9 Å². The van der Waals surface area contributed by atoms with E-state index >= 15 is 0 Å². The Morgan fingerprint density at radius 1 is 1.17 bits per heavy atom. The molecule has 0 bridgehead atoms. The van der Waals surface area contributed by atoms with Gasteiger partial charge in [0.15, 0.2) is 4.80 Å². The summed E-state index contributed by atoms with van der Waals surface area (Å²) in [6.07, 6.45) is 0. The summed E-state index contributed by atoms with van der Waals surface area (Å²) in [6.45, 7) is -0.00670. The number of ether oxygens (including phenoxy) is 1. The number of fused-ring (bicyclic) bond motifs is 1. The number of carbonyl (C=O) groups excluding carboxylic acids is 2. The first kappa shape index (κ1) is 16.4. The van der Waals surface area contributed by atoms with Crippen molar-refractivity contribution < 1.29 is 14.3 Å². The average molecular weight is 361 g/mol. The lowest BCUT2D eigenvalue weighted by molar-refractivity contribution is -0.141. The van der Waals surface area contributed by atoms with Gasteiger partial charge in [0.05, 0.1) is 17.3 Å². The molecule has 1 aromatic heterocycles. The van der Waals surface area contributed by atoms with Gasteiger partial charge in [-0.15, -0.1) is 0 Å². The molecule has 0 saturated carbocycles. The minimum absolute atomic E-state index is 0.00670. The van der Waals surface area contributed by atoms with Gasteiger partial charge in [-0.25, -0.2) is 0 Å². The zero-order valence-electron chi connectivity index (χ0n) is 12.7. The lowest BCUT2D eigenvalue weighted by atomic mass is 10.2. The number of amides is 1. The van der Waals surface area contributed by atoms with E-state index in [1.165, 1.54) is 18.4 Å². The van der Waals surface area contributed by atoms with Crippen LogP contribution < -0.4 is 4.80 Å². The third-order valence-corrected chi connectivity index (χ3v) is 4.70. The number of methoxy groups -OCH3 is 1. The van der Waals surface area contributed by atoms with Crippen LogP contribution in [0.3, 0.4) is 0 Å². The molecular weight excluding hydrogens is 348 g/mol. The smallest absolute Gasteiger partial charge is 0.325 e. The summed E-state index contributed by atoms with van der Waals surface area (Å²) in [7, 11) is 1.33. The summed E-state index contributed by atoms with van der Waals surface area (Å²) in [5.74, 6) is -0.796. The van der Waals surface area contributed by atoms with Crippen LogP contribution in [0.15, 0.2) is 53.5 Å². The Morgan fingerprint density at radius 2 is 1.88 bits per heavy atom. The molecule has 0 aliphatic heterocycles. The molecule has 0 aliphatic rings. The summed E-state index contributed by atoms with van der Waals surface area (Å²) >= 11 is 7.18. The number of thiazole rings is 1. The largest absolute Gasteiger partial charge is 0.468 e. The van der Waals surface area contributed by atoms with E-state index in [-0.39, 0.29) is 6.54 Å². The first-order valence-corrected chi connectivity index (χ1v) is 8.28. The predicted molar refractivity (Wildman–Crippen MR) is 93.2 cm³/mol. The second-order valence-electron chi connectivity index (χ2n) is 4.94. The van der Waals surface area contributed by atoms with Crippen LogP contribution in [-0.4, -0.2) is 23.6 Å². The Hall–Kier alpha value is -2.44. The molecule has 0 spiro atoms. The molecule has 5 nitrogen and oxygen atoms in total. The quantitative estimate of drug-likeness (QED) is 0.673. The Labute approximate surface area is 146 Å². The van der Waals surface area contributed by atoms with Crippen LogP contribution in [0.5, 0.6) is 0 Å². The summed E-state index contributed by atoms with van der Waals surface area (Å²) < 4.78 is 7.35. The van der Waals surface area contributed by atoms with Gasteiger partial charge in [0, 0.05) is 10.6 Å². The number of hydrogen-bond acceptors (Lipinski definition) is 4. The molecule has 3 aromatic rings. The minimum atomic E-state index is -0.404. The fourth-order valence-corrected chi connectivity index (χ4v) is 3.35. The van der Waals surface area contributed by atoms with E-state index in [1.54, 1.807) is 28.8 Å². The lowest BCUT2D eigenvalue weighted by Crippen LogP contribution is -2.22. The van der Waals surface area contributed by atoms with Crippen LogP contribution in [0, 0.1) is 0 Å². The maximum atomic E-state index is 12.4. The van der Waals surface area contributed by atoms with Gasteiger partial charge < -0.3 is 9.30 Å². The van der Waals surface area contributed by atoms with Crippen molar-refractivity contribution in [3.63, 3.8) is 0 Å². The highest BCUT2D eigenvalue weighted by atomic mass is 35.5. The number of esters is 1. The molecule has 0 saturated heterocycles. The highest BCUT2D eigenvalue weighted by Gasteiger charge is 2.12. The van der Waals surface area contributed by atoms with Crippen molar-refractivity contribution in [2.24, 2.45) is 4.99 Å². The van der Waals surface area contributed by atoms with E-state index in [9.17, 15) is 9.59 Å². The minimum Gasteiger partial charge on any atom is -0.468 e. The number of aromatic nitrogens is 1. The van der Waals surface area contributed by atoms with Crippen molar-refractivity contribution in [3.8, 4) is 0 Å². The van der Waals surface area contributed by atoms with Crippen LogP contribution in [0.2, 0.25) is 5.02 Å². The lowest BCUT2D eigenvalue weighted by Gasteiger charge is -2.03. The molecule has 3 rings (SSSR count). The summed E-state index contributed by atoms with van der Waals surface area (Å²) in [5.41, 5.74) is 1.26. The number of nitrogens with zero attached hydrogens (tertiary/aromatic N) is 2. The molecule has 7 heteroatoms. The van der Waals surface area contributed by atoms with Gasteiger partial charge >= 0.3 is 5.97 Å². The van der Waals surface area contributed by atoms with Gasteiger partial charge in [-0.05, 0) is 36.4 Å². The van der Waals surface area contributed by atoms with Crippen LogP contribution in [-0.2, 0) is 16.1 Å². The predicted octanol–water partition coefficient (Wildman–Crippen LogP) is 3.27. The molecule has 0 radical (unpaired) electrons. The second kappa shape index (κ2) is 6.98. The van der Waals surface area contributed by atoms with Gasteiger partial charge in [-0.1, -0.05) is 35.1 Å². The molecule has 0 N–H and O–H groups in total. The van der Waals surface area contributed by atoms with Gasteiger partial charge in [0.25, 0.3) is 5.91 Å². The molecule has 24 heavy (non-hydrogen) atoms. The molecule has 0 atom stereocenters. The second-order valence-corrected chi connectivity index (χ2v) is 6.38. The summed E-state index contributed by atoms with van der Waals surface area (Å²) in [6, 6.07) is 14.1. The maximum absolute atomic E-state index is 12.4. The topological polar surface area (TPSA) is 60.7 Å². The normalized spacial score (nSPS) is 11.7. The molecule has 0 fully saturated rings. The monoisotopic (exact) mass is 360 g/mol. The van der Waals surface area contributed by atoms with Crippen LogP contribution in [0.4, 0.5) is 0 Å². The van der Waals surface area contributed by atoms with E-state index in [1.807, 2.05) is 24.3 Å².